The largest absolute Gasteiger partial charge is 0.478 e. The number of anilines is 2. The molecule has 0 bridgehead atoms. The lowest BCUT2D eigenvalue weighted by atomic mass is 9.88. The molecular weight excluding hydrogens is 460 g/mol. The van der Waals surface area contributed by atoms with Gasteiger partial charge in [-0.25, -0.2) is 4.79 Å². The predicted octanol–water partition coefficient (Wildman–Crippen LogP) is 6.73. The number of hydrogen-bond donors (Lipinski definition) is 1. The lowest BCUT2D eigenvalue weighted by molar-refractivity contribution is 0.0696. The Labute approximate surface area is 211 Å². The van der Waals surface area contributed by atoms with Crippen LogP contribution in [0.25, 0.3) is 0 Å². The molecule has 4 rings (SSSR count). The Bertz CT molecular complexity index is 1170. The van der Waals surface area contributed by atoms with Crippen LogP contribution in [-0.2, 0) is 0 Å². The standard InChI is InChI=1S/C29H31ClN2O3/c1-20(2)19-32(25-6-4-3-5-7-25)28(33)23-10-8-21(9-11-23)22-14-16-31(17-15-22)27-13-12-24(29(34)35)18-26(27)30/h3-13,18,20,22H,14-17,19H2,1-2H3,(H,34,35). The van der Waals surface area contributed by atoms with Gasteiger partial charge in [-0.15, -0.1) is 0 Å². The van der Waals surface area contributed by atoms with Crippen LogP contribution in [-0.4, -0.2) is 36.6 Å². The third-order valence-corrected chi connectivity index (χ3v) is 6.82. The average Bonchev–Trinajstić information content (AvgIpc) is 2.87. The van der Waals surface area contributed by atoms with Gasteiger partial charge in [0.05, 0.1) is 16.3 Å². The smallest absolute Gasteiger partial charge is 0.335 e. The number of carboxylic acids is 1. The minimum Gasteiger partial charge on any atom is -0.478 e. The number of rotatable bonds is 7. The minimum absolute atomic E-state index is 0.0192. The van der Waals surface area contributed by atoms with Crippen LogP contribution in [0.5, 0.6) is 0 Å². The van der Waals surface area contributed by atoms with Crippen molar-refractivity contribution in [2.24, 2.45) is 5.92 Å². The van der Waals surface area contributed by atoms with Crippen molar-refractivity contribution in [3.8, 4) is 0 Å². The fraction of sp³-hybridized carbons (Fsp3) is 0.310. The van der Waals surface area contributed by atoms with E-state index in [1.165, 1.54) is 11.6 Å². The molecule has 182 valence electrons. The maximum Gasteiger partial charge on any atom is 0.335 e. The predicted molar refractivity (Wildman–Crippen MR) is 142 cm³/mol. The van der Waals surface area contributed by atoms with E-state index >= 15 is 0 Å². The quantitative estimate of drug-likeness (QED) is 0.399. The summed E-state index contributed by atoms with van der Waals surface area (Å²) in [5.74, 6) is -0.188. The number of hydrogen-bond acceptors (Lipinski definition) is 3. The lowest BCUT2D eigenvalue weighted by Crippen LogP contribution is -2.34. The summed E-state index contributed by atoms with van der Waals surface area (Å²) in [5, 5.41) is 9.62. The molecule has 3 aromatic rings. The van der Waals surface area contributed by atoms with Gasteiger partial charge < -0.3 is 14.9 Å². The highest BCUT2D eigenvalue weighted by molar-refractivity contribution is 6.33. The number of benzene rings is 3. The molecule has 0 unspecified atom stereocenters. The molecule has 1 fully saturated rings. The van der Waals surface area contributed by atoms with Crippen LogP contribution in [0.3, 0.4) is 0 Å². The van der Waals surface area contributed by atoms with Crippen LogP contribution in [0, 0.1) is 5.92 Å². The van der Waals surface area contributed by atoms with E-state index in [0.29, 0.717) is 29.0 Å². The Kier molecular flexibility index (Phi) is 7.76. The van der Waals surface area contributed by atoms with Gasteiger partial charge in [0, 0.05) is 30.9 Å². The first-order chi connectivity index (χ1) is 16.8. The Morgan fingerprint density at radius 1 is 0.971 bits per heavy atom. The summed E-state index contributed by atoms with van der Waals surface area (Å²) < 4.78 is 0. The van der Waals surface area contributed by atoms with E-state index < -0.39 is 5.97 Å². The minimum atomic E-state index is -0.977. The van der Waals surface area contributed by atoms with Gasteiger partial charge in [0.1, 0.15) is 0 Å². The van der Waals surface area contributed by atoms with Crippen LogP contribution < -0.4 is 9.80 Å². The summed E-state index contributed by atoms with van der Waals surface area (Å²) in [6.45, 7) is 6.58. The molecule has 5 nitrogen and oxygen atoms in total. The summed E-state index contributed by atoms with van der Waals surface area (Å²) in [7, 11) is 0. The molecule has 35 heavy (non-hydrogen) atoms. The Hall–Kier alpha value is -3.31. The molecule has 1 aliphatic heterocycles. The van der Waals surface area contributed by atoms with Crippen LogP contribution in [0.15, 0.2) is 72.8 Å². The first-order valence-electron chi connectivity index (χ1n) is 12.1. The van der Waals surface area contributed by atoms with Gasteiger partial charge in [0.25, 0.3) is 5.91 Å². The molecule has 0 saturated carbocycles. The Morgan fingerprint density at radius 3 is 2.17 bits per heavy atom. The van der Waals surface area contributed by atoms with Crippen LogP contribution in [0.1, 0.15) is 58.9 Å². The van der Waals surface area contributed by atoms with Gasteiger partial charge in [-0.2, -0.15) is 0 Å². The van der Waals surface area contributed by atoms with Gasteiger partial charge in [0.2, 0.25) is 0 Å². The number of amides is 1. The van der Waals surface area contributed by atoms with E-state index in [-0.39, 0.29) is 11.5 Å². The molecule has 0 aromatic heterocycles. The average molecular weight is 491 g/mol. The third-order valence-electron chi connectivity index (χ3n) is 6.52. The van der Waals surface area contributed by atoms with Crippen molar-refractivity contribution in [1.82, 2.24) is 0 Å². The second kappa shape index (κ2) is 11.0. The van der Waals surface area contributed by atoms with Gasteiger partial charge in [-0.05, 0) is 72.7 Å². The van der Waals surface area contributed by atoms with Crippen LogP contribution in [0.4, 0.5) is 11.4 Å². The van der Waals surface area contributed by atoms with Crippen molar-refractivity contribution >= 4 is 34.9 Å². The van der Waals surface area contributed by atoms with Gasteiger partial charge in [-0.1, -0.05) is 55.8 Å². The zero-order chi connectivity index (χ0) is 24.9. The maximum atomic E-state index is 13.3. The first kappa shape index (κ1) is 24.8. The Balaban J connectivity index is 1.42. The van der Waals surface area contributed by atoms with Gasteiger partial charge >= 0.3 is 5.97 Å². The lowest BCUT2D eigenvalue weighted by Gasteiger charge is -2.34. The number of nitrogens with zero attached hydrogens (tertiary/aromatic N) is 2. The number of para-hydroxylation sites is 1. The van der Waals surface area contributed by atoms with Crippen molar-refractivity contribution in [3.05, 3.63) is 94.5 Å². The van der Waals surface area contributed by atoms with Crippen molar-refractivity contribution in [2.75, 3.05) is 29.4 Å². The van der Waals surface area contributed by atoms with E-state index in [1.54, 1.807) is 12.1 Å². The van der Waals surface area contributed by atoms with Crippen LogP contribution in [0.2, 0.25) is 5.02 Å². The fourth-order valence-electron chi connectivity index (χ4n) is 4.68. The monoisotopic (exact) mass is 490 g/mol. The number of carboxylic acid groups (broad SMARTS) is 1. The normalized spacial score (nSPS) is 14.2. The van der Waals surface area contributed by atoms with E-state index in [0.717, 1.165) is 37.3 Å². The molecule has 1 aliphatic rings. The van der Waals surface area contributed by atoms with Crippen molar-refractivity contribution in [1.29, 1.82) is 0 Å². The topological polar surface area (TPSA) is 60.9 Å². The van der Waals surface area contributed by atoms with Gasteiger partial charge in [0.15, 0.2) is 0 Å². The summed E-state index contributed by atoms with van der Waals surface area (Å²) in [6.07, 6.45) is 1.93. The van der Waals surface area contributed by atoms with Crippen LogP contribution >= 0.6 is 11.6 Å². The SMILES string of the molecule is CC(C)CN(C(=O)c1ccc(C2CCN(c3ccc(C(=O)O)cc3Cl)CC2)cc1)c1ccccc1. The molecule has 0 radical (unpaired) electrons. The van der Waals surface area contributed by atoms with Crippen molar-refractivity contribution in [2.45, 2.75) is 32.6 Å². The summed E-state index contributed by atoms with van der Waals surface area (Å²) in [5.41, 5.74) is 3.92. The van der Waals surface area contributed by atoms with Gasteiger partial charge in [-0.3, -0.25) is 4.79 Å². The highest BCUT2D eigenvalue weighted by Gasteiger charge is 2.24. The van der Waals surface area contributed by atoms with Crippen molar-refractivity contribution < 1.29 is 14.7 Å². The summed E-state index contributed by atoms with van der Waals surface area (Å²) in [6, 6.07) is 22.8. The Morgan fingerprint density at radius 2 is 1.60 bits per heavy atom. The van der Waals surface area contributed by atoms with E-state index in [2.05, 4.69) is 30.9 Å². The number of carbonyl (C=O) groups excluding carboxylic acids is 1. The molecular formula is C29H31ClN2O3. The number of aromatic carboxylic acids is 1. The first-order valence-corrected chi connectivity index (χ1v) is 12.5. The molecule has 1 heterocycles. The molecule has 0 aliphatic carbocycles. The highest BCUT2D eigenvalue weighted by atomic mass is 35.5. The van der Waals surface area contributed by atoms with Crippen molar-refractivity contribution in [3.63, 3.8) is 0 Å². The van der Waals surface area contributed by atoms with E-state index in [4.69, 9.17) is 16.7 Å². The second-order valence-electron chi connectivity index (χ2n) is 9.50. The summed E-state index contributed by atoms with van der Waals surface area (Å²) in [4.78, 5) is 28.6. The number of halogens is 1. The summed E-state index contributed by atoms with van der Waals surface area (Å²) >= 11 is 6.37. The molecule has 3 aromatic carbocycles. The molecule has 1 saturated heterocycles. The maximum absolute atomic E-state index is 13.3. The molecule has 1 amide bonds. The second-order valence-corrected chi connectivity index (χ2v) is 9.91. The molecule has 1 N–H and O–H groups in total. The zero-order valence-electron chi connectivity index (χ0n) is 20.2. The number of piperidine rings is 1. The highest BCUT2D eigenvalue weighted by Crippen LogP contribution is 2.34. The number of carbonyl (C=O) groups is 2. The third kappa shape index (κ3) is 5.85. The molecule has 0 spiro atoms. The molecule has 0 atom stereocenters. The van der Waals surface area contributed by atoms with E-state index in [9.17, 15) is 9.59 Å². The fourth-order valence-corrected chi connectivity index (χ4v) is 4.98. The molecule has 6 heteroatoms. The van der Waals surface area contributed by atoms with E-state index in [1.807, 2.05) is 47.4 Å². The zero-order valence-corrected chi connectivity index (χ0v) is 20.9.